The molecule has 530 valence electrons. The summed E-state index contributed by atoms with van der Waals surface area (Å²) in [6.45, 7) is 2.50. The minimum absolute atomic E-state index is 0.0963. The lowest BCUT2D eigenvalue weighted by atomic mass is 10.0. The van der Waals surface area contributed by atoms with E-state index in [0.29, 0.717) is 12.1 Å². The summed E-state index contributed by atoms with van der Waals surface area (Å²) in [6, 6.07) is -17.5. The molecule has 2 heterocycles. The Kier molecular flexibility index (Phi) is 39.0. The fraction of sp³-hybridized carbons (Fsp3) is 0.690. The molecule has 0 radical (unpaired) electrons. The van der Waals surface area contributed by atoms with Crippen molar-refractivity contribution in [2.24, 2.45) is 17.2 Å². The van der Waals surface area contributed by atoms with Crippen molar-refractivity contribution in [2.45, 2.75) is 215 Å². The average Bonchev–Trinajstić information content (AvgIpc) is 1.25. The Hall–Kier alpha value is -7.93. The van der Waals surface area contributed by atoms with Crippen molar-refractivity contribution in [3.8, 4) is 0 Å². The summed E-state index contributed by atoms with van der Waals surface area (Å²) >= 11 is 5.91. The molecule has 0 aromatic carbocycles. The van der Waals surface area contributed by atoms with Crippen LogP contribution >= 0.6 is 11.6 Å². The minimum atomic E-state index is -2.85. The Morgan fingerprint density at radius 2 is 1.24 bits per heavy atom. The second kappa shape index (κ2) is 44.6. The van der Waals surface area contributed by atoms with Gasteiger partial charge < -0.3 is 110 Å². The Morgan fingerprint density at radius 1 is 0.691 bits per heavy atom. The third kappa shape index (κ3) is 29.6. The number of carboxylic acid groups (broad SMARTS) is 1. The van der Waals surface area contributed by atoms with E-state index in [1.54, 1.807) is 0 Å². The molecular weight excluding hydrogens is 1260 g/mol. The van der Waals surface area contributed by atoms with Crippen LogP contribution in [0.1, 0.15) is 136 Å². The van der Waals surface area contributed by atoms with Crippen molar-refractivity contribution >= 4 is 88.6 Å². The van der Waals surface area contributed by atoms with Gasteiger partial charge >= 0.3 is 17.9 Å². The zero-order chi connectivity index (χ0) is 70.5. The summed E-state index contributed by atoms with van der Waals surface area (Å²) in [4.78, 5) is 187. The fourth-order valence-corrected chi connectivity index (χ4v) is 9.62. The number of nitrogens with two attached hydrogens (primary N) is 3. The van der Waals surface area contributed by atoms with Crippen LogP contribution in [0.5, 0.6) is 0 Å². The largest absolute Gasteiger partial charge is 0.479 e. The number of hydrogen-bond donors (Lipinski definition) is 19. The highest BCUT2D eigenvalue weighted by Crippen LogP contribution is 2.15. The van der Waals surface area contributed by atoms with Crippen LogP contribution in [-0.2, 0) is 78.2 Å². The van der Waals surface area contributed by atoms with Gasteiger partial charge in [0.15, 0.2) is 12.1 Å². The molecule has 0 aliphatic carbocycles. The number of carboxylic acids is 1. The van der Waals surface area contributed by atoms with Gasteiger partial charge in [-0.25, -0.2) is 19.4 Å². The van der Waals surface area contributed by atoms with Crippen molar-refractivity contribution < 1.29 is 97.3 Å². The molecule has 35 nitrogen and oxygen atoms in total. The average molecular weight is 1360 g/mol. The highest BCUT2D eigenvalue weighted by atomic mass is 35.5. The van der Waals surface area contributed by atoms with Crippen LogP contribution in [-0.4, -0.2) is 231 Å². The zero-order valence-corrected chi connectivity index (χ0v) is 54.2. The molecule has 13 atom stereocenters. The summed E-state index contributed by atoms with van der Waals surface area (Å²) in [5.41, 5.74) is 17.1. The first-order valence-corrected chi connectivity index (χ1v) is 31.8. The van der Waals surface area contributed by atoms with Crippen LogP contribution in [0.3, 0.4) is 0 Å². The molecule has 1 fully saturated rings. The number of ether oxygens (including phenoxy) is 2. The number of aliphatic hydroxyl groups excluding tert-OH is 4. The van der Waals surface area contributed by atoms with Crippen LogP contribution in [0.2, 0.25) is 0 Å². The molecule has 36 heteroatoms. The Bertz CT molecular complexity index is 2670. The van der Waals surface area contributed by atoms with Crippen LogP contribution in [0.4, 0.5) is 0 Å². The maximum absolute atomic E-state index is 14.7. The lowest BCUT2D eigenvalue weighted by Crippen LogP contribution is -2.62. The lowest BCUT2D eigenvalue weighted by molar-refractivity contribution is -0.155. The van der Waals surface area contributed by atoms with E-state index in [-0.39, 0.29) is 51.6 Å². The number of aromatic amines is 1. The Balaban J connectivity index is 2.90. The van der Waals surface area contributed by atoms with Gasteiger partial charge in [-0.1, -0.05) is 70.8 Å². The van der Waals surface area contributed by atoms with Gasteiger partial charge in [-0.15, -0.1) is 11.6 Å². The van der Waals surface area contributed by atoms with Crippen LogP contribution in [0.15, 0.2) is 24.3 Å². The lowest BCUT2D eigenvalue weighted by Gasteiger charge is -2.29. The van der Waals surface area contributed by atoms with Crippen molar-refractivity contribution in [3.63, 3.8) is 0 Å². The molecule has 2 rings (SSSR count). The molecular formula is C58H96ClN15O20. The maximum atomic E-state index is 14.7. The van der Waals surface area contributed by atoms with Gasteiger partial charge in [-0.05, 0) is 72.0 Å². The van der Waals surface area contributed by atoms with E-state index >= 15 is 0 Å². The second-order valence-electron chi connectivity index (χ2n) is 22.4. The molecule has 1 aliphatic heterocycles. The summed E-state index contributed by atoms with van der Waals surface area (Å²) in [5.74, 6) is -18.3. The number of aliphatic hydroxyl groups is 4. The standard InChI is InChI=1S/C58H96ClN15O20/c1-5-7-8-9-10-11-12-13-14-17-33(76)25-42(78)66-40-29-94-58(92)45(41(77)27-59)73-55(88)46(47(80)56(89)90)74-48(81)34(6-2)67-54(87)44(31(3)75)72-51(84)37(20-23-62)69-49(82)35(18-15-16-21-60)68-52(85)38(71-50(83)36(19-22-61)70-53(40)86)26-43(79)65-39(57(91)93-4)24-32-28-63-30-64-32/h6,28,30-31,33,35-41,44-47,75-77,80H,5,7-27,29,60-62H2,1-4H3,(H,63,64)(H,65,79)(H,66,78)(H,67,87)(H,68,85)(H,69,82)(H,70,86)(H,71,83)(H,72,84)(H,73,88)(H,74,81)(H,89,90)/b34-6-/t31-,33-,35+,36-,37+,38+,39+,40+,41-,44+,45+,46+,47+/m1/s1. The Labute approximate surface area is 548 Å². The molecule has 10 amide bonds. The fourth-order valence-electron chi connectivity index (χ4n) is 9.44. The number of methoxy groups -OCH3 is 1. The van der Waals surface area contributed by atoms with E-state index in [0.717, 1.165) is 71.5 Å². The number of halogens is 1. The number of amides is 10. The SMILES string of the molecule is C/C=C1\NC(=O)[C@H]([C@@H](C)O)NC(=O)[C@H](CCN)NC(=O)[C@H](CCCCN)NC(=O)[C@H](CC(=O)N[C@@H](Cc2cnc[nH]2)C(=O)OC)NC(=O)[C@@H](CCN)NC(=O)[C@@H](NC(=O)C[C@H](O)CCCCCCCCCCC)COC(=O)[C@H]([C@H](O)CCl)NC(=O)[C@H]([C@H](O)C(=O)O)NC1=O. The number of unbranched alkanes of at least 4 members (excludes halogenated alkanes) is 9. The molecule has 1 saturated heterocycles. The number of allylic oxidation sites excluding steroid dienone is 1. The first kappa shape index (κ1) is 82.2. The number of aromatic nitrogens is 2. The Morgan fingerprint density at radius 3 is 1.78 bits per heavy atom. The van der Waals surface area contributed by atoms with E-state index in [1.165, 1.54) is 19.4 Å². The normalized spacial score (nSPS) is 23.3. The smallest absolute Gasteiger partial charge is 0.335 e. The summed E-state index contributed by atoms with van der Waals surface area (Å²) in [5, 5.41) is 75.7. The second-order valence-corrected chi connectivity index (χ2v) is 22.7. The van der Waals surface area contributed by atoms with Crippen molar-refractivity contribution in [3.05, 3.63) is 30.0 Å². The monoisotopic (exact) mass is 1360 g/mol. The number of cyclic esters (lactones) is 1. The number of rotatable bonds is 32. The zero-order valence-electron chi connectivity index (χ0n) is 53.4. The van der Waals surface area contributed by atoms with Crippen molar-refractivity contribution in [2.75, 3.05) is 39.2 Å². The number of imidazole rings is 1. The molecule has 1 aliphatic rings. The van der Waals surface area contributed by atoms with Gasteiger partial charge in [0.1, 0.15) is 60.6 Å². The molecule has 0 saturated carbocycles. The predicted octanol–water partition coefficient (Wildman–Crippen LogP) is -5.62. The van der Waals surface area contributed by atoms with Crippen molar-refractivity contribution in [1.82, 2.24) is 63.1 Å². The topological polar surface area (TPSA) is 569 Å². The predicted molar refractivity (Wildman–Crippen MR) is 334 cm³/mol. The molecule has 0 unspecified atom stereocenters. The number of carbonyl (C=O) groups excluding carboxylic acids is 12. The molecule has 1 aromatic heterocycles. The highest BCUT2D eigenvalue weighted by molar-refractivity contribution is 6.18. The van der Waals surface area contributed by atoms with Gasteiger partial charge in [0.25, 0.3) is 5.91 Å². The molecule has 0 spiro atoms. The van der Waals surface area contributed by atoms with Crippen LogP contribution in [0, 0.1) is 0 Å². The quantitative estimate of drug-likeness (QED) is 0.0138. The molecule has 94 heavy (non-hydrogen) atoms. The molecule has 0 bridgehead atoms. The van der Waals surface area contributed by atoms with Gasteiger partial charge in [0.2, 0.25) is 53.2 Å². The van der Waals surface area contributed by atoms with Gasteiger partial charge in [0.05, 0.1) is 50.5 Å². The van der Waals surface area contributed by atoms with E-state index in [2.05, 4.69) is 59.4 Å². The first-order valence-electron chi connectivity index (χ1n) is 31.2. The summed E-state index contributed by atoms with van der Waals surface area (Å²) < 4.78 is 10.2. The number of aliphatic carboxylic acids is 1. The summed E-state index contributed by atoms with van der Waals surface area (Å²) in [6.07, 6.45) is 1.78. The molecule has 22 N–H and O–H groups in total. The third-order valence-corrected chi connectivity index (χ3v) is 15.1. The maximum Gasteiger partial charge on any atom is 0.335 e. The number of nitrogens with zero attached hydrogens (tertiary/aromatic N) is 1. The number of esters is 2. The third-order valence-electron chi connectivity index (χ3n) is 14.8. The van der Waals surface area contributed by atoms with E-state index in [4.69, 9.17) is 38.3 Å². The van der Waals surface area contributed by atoms with E-state index in [9.17, 15) is 87.9 Å². The van der Waals surface area contributed by atoms with Gasteiger partial charge in [-0.3, -0.25) is 47.9 Å². The highest BCUT2D eigenvalue weighted by Gasteiger charge is 2.41. The van der Waals surface area contributed by atoms with Gasteiger partial charge in [-0.2, -0.15) is 0 Å². The molecule has 1 aromatic rings. The summed E-state index contributed by atoms with van der Waals surface area (Å²) in [7, 11) is 1.04. The van der Waals surface area contributed by atoms with E-state index < -0.39 is 200 Å². The number of alkyl halides is 1. The van der Waals surface area contributed by atoms with E-state index in [1.807, 2.05) is 10.6 Å². The number of hydrogen-bond acceptors (Lipinski definition) is 23. The van der Waals surface area contributed by atoms with Crippen LogP contribution in [0.25, 0.3) is 0 Å². The van der Waals surface area contributed by atoms with Crippen LogP contribution < -0.4 is 70.4 Å². The number of H-pyrrole nitrogens is 1. The van der Waals surface area contributed by atoms with Crippen molar-refractivity contribution in [1.29, 1.82) is 0 Å². The first-order chi connectivity index (χ1) is 44.7. The number of nitrogens with one attached hydrogen (secondary N) is 11. The number of carbonyl (C=O) groups is 13. The van der Waals surface area contributed by atoms with Gasteiger partial charge in [0, 0.05) is 18.3 Å². The minimum Gasteiger partial charge on any atom is -0.479 e.